The molecule has 1 aliphatic heterocycles. The van der Waals surface area contributed by atoms with Crippen LogP contribution < -0.4 is 4.74 Å². The van der Waals surface area contributed by atoms with Crippen LogP contribution in [0.15, 0.2) is 47.5 Å². The molecular weight excluding hydrogens is 316 g/mol. The van der Waals surface area contributed by atoms with Crippen LogP contribution in [0.25, 0.3) is 0 Å². The van der Waals surface area contributed by atoms with E-state index in [1.807, 2.05) is 36.0 Å². The molecule has 0 saturated carbocycles. The lowest BCUT2D eigenvalue weighted by molar-refractivity contribution is 0.00709. The van der Waals surface area contributed by atoms with Gasteiger partial charge in [0.1, 0.15) is 5.75 Å². The summed E-state index contributed by atoms with van der Waals surface area (Å²) in [5.74, 6) is 1.24. The number of hydrogen-bond donors (Lipinski definition) is 0. The molecule has 1 aromatic carbocycles. The summed E-state index contributed by atoms with van der Waals surface area (Å²) in [4.78, 5) is 0. The maximum absolute atomic E-state index is 6.25. The number of fused-ring (bicyclic) bond motifs is 1. The third-order valence-corrected chi connectivity index (χ3v) is 5.85. The summed E-state index contributed by atoms with van der Waals surface area (Å²) in [6.45, 7) is 2.88. The Bertz CT molecular complexity index is 584. The van der Waals surface area contributed by atoms with Gasteiger partial charge in [-0.3, -0.25) is 0 Å². The molecule has 1 aliphatic carbocycles. The van der Waals surface area contributed by atoms with E-state index in [1.54, 1.807) is 7.11 Å². The first-order valence-corrected chi connectivity index (χ1v) is 8.93. The molecule has 0 aromatic heterocycles. The normalized spacial score (nSPS) is 30.6. The van der Waals surface area contributed by atoms with E-state index in [0.29, 0.717) is 23.0 Å². The minimum absolute atomic E-state index is 0.214. The van der Waals surface area contributed by atoms with E-state index in [2.05, 4.69) is 25.1 Å². The highest BCUT2D eigenvalue weighted by atomic mass is 35.5. The van der Waals surface area contributed by atoms with Gasteiger partial charge in [-0.1, -0.05) is 42.8 Å². The first-order valence-electron chi connectivity index (χ1n) is 7.61. The lowest BCUT2D eigenvalue weighted by Gasteiger charge is -2.39. The molecule has 1 heterocycles. The molecule has 22 heavy (non-hydrogen) atoms. The Hall–Kier alpha value is -0.900. The molecule has 0 N–H and O–H groups in total. The second kappa shape index (κ2) is 7.12. The van der Waals surface area contributed by atoms with Crippen LogP contribution in [0.3, 0.4) is 0 Å². The fraction of sp³-hybridized carbons (Fsp3) is 0.444. The molecule has 0 amide bonds. The quantitative estimate of drug-likeness (QED) is 0.788. The van der Waals surface area contributed by atoms with Gasteiger partial charge in [0.25, 0.3) is 0 Å². The second-order valence-electron chi connectivity index (χ2n) is 5.84. The van der Waals surface area contributed by atoms with Crippen LogP contribution in [-0.2, 0) is 11.3 Å². The van der Waals surface area contributed by atoms with Gasteiger partial charge in [0.2, 0.25) is 0 Å². The molecule has 1 saturated heterocycles. The van der Waals surface area contributed by atoms with Gasteiger partial charge >= 0.3 is 0 Å². The van der Waals surface area contributed by atoms with E-state index in [9.17, 15) is 0 Å². The number of halogens is 1. The highest BCUT2D eigenvalue weighted by Gasteiger charge is 2.36. The summed E-state index contributed by atoms with van der Waals surface area (Å²) < 4.78 is 11.5. The third-order valence-electron chi connectivity index (χ3n) is 4.16. The Morgan fingerprint density at radius 1 is 1.36 bits per heavy atom. The molecule has 2 nitrogen and oxygen atoms in total. The topological polar surface area (TPSA) is 18.5 Å². The number of methoxy groups -OCH3 is 1. The van der Waals surface area contributed by atoms with Gasteiger partial charge < -0.3 is 9.47 Å². The average Bonchev–Trinajstić information content (AvgIpc) is 2.53. The van der Waals surface area contributed by atoms with Gasteiger partial charge in [0, 0.05) is 21.5 Å². The molecule has 2 aliphatic rings. The molecule has 1 fully saturated rings. The monoisotopic (exact) mass is 336 g/mol. The second-order valence-corrected chi connectivity index (χ2v) is 7.89. The molecular formula is C18H21ClO2S. The van der Waals surface area contributed by atoms with Gasteiger partial charge in [-0.25, -0.2) is 0 Å². The van der Waals surface area contributed by atoms with Gasteiger partial charge in [-0.15, -0.1) is 0 Å². The number of allylic oxidation sites excluding steroid dienone is 2. The van der Waals surface area contributed by atoms with Gasteiger partial charge in [0.05, 0.1) is 19.8 Å². The SMILES string of the molecule is COc1cccc(CO[C@@H]2C[C@@H](C)S[C@H]3C=CC(Cl)=C[C@H]32)c1. The van der Waals surface area contributed by atoms with Crippen molar-refractivity contribution in [2.24, 2.45) is 5.92 Å². The maximum Gasteiger partial charge on any atom is 0.119 e. The lowest BCUT2D eigenvalue weighted by atomic mass is 9.90. The van der Waals surface area contributed by atoms with Crippen molar-refractivity contribution in [1.29, 1.82) is 0 Å². The molecule has 1 aromatic rings. The number of rotatable bonds is 4. The van der Waals surface area contributed by atoms with E-state index >= 15 is 0 Å². The summed E-state index contributed by atoms with van der Waals surface area (Å²) in [6, 6.07) is 8.06. The van der Waals surface area contributed by atoms with Crippen LogP contribution in [0.5, 0.6) is 5.75 Å². The molecule has 4 atom stereocenters. The average molecular weight is 337 g/mol. The first kappa shape index (κ1) is 16.0. The number of ether oxygens (including phenoxy) is 2. The smallest absolute Gasteiger partial charge is 0.119 e. The van der Waals surface area contributed by atoms with E-state index < -0.39 is 0 Å². The van der Waals surface area contributed by atoms with Crippen molar-refractivity contribution >= 4 is 23.4 Å². The first-order chi connectivity index (χ1) is 10.7. The number of thioether (sulfide) groups is 1. The predicted octanol–water partition coefficient (Wildman–Crippen LogP) is 4.78. The zero-order chi connectivity index (χ0) is 15.5. The number of hydrogen-bond acceptors (Lipinski definition) is 3. The van der Waals surface area contributed by atoms with Crippen LogP contribution in [0.4, 0.5) is 0 Å². The van der Waals surface area contributed by atoms with Crippen molar-refractivity contribution < 1.29 is 9.47 Å². The maximum atomic E-state index is 6.25. The molecule has 3 rings (SSSR count). The van der Waals surface area contributed by atoms with Gasteiger partial charge in [0.15, 0.2) is 0 Å². The van der Waals surface area contributed by atoms with Crippen LogP contribution in [-0.4, -0.2) is 23.7 Å². The summed E-state index contributed by atoms with van der Waals surface area (Å²) in [7, 11) is 1.69. The Morgan fingerprint density at radius 2 is 2.23 bits per heavy atom. The third kappa shape index (κ3) is 3.70. The van der Waals surface area contributed by atoms with Gasteiger partial charge in [-0.2, -0.15) is 11.8 Å². The Morgan fingerprint density at radius 3 is 3.05 bits per heavy atom. The van der Waals surface area contributed by atoms with Crippen LogP contribution in [0.1, 0.15) is 18.9 Å². The lowest BCUT2D eigenvalue weighted by Crippen LogP contribution is -2.38. The van der Waals surface area contributed by atoms with Crippen molar-refractivity contribution in [2.75, 3.05) is 7.11 Å². The van der Waals surface area contributed by atoms with Crippen LogP contribution in [0, 0.1) is 5.92 Å². The summed E-state index contributed by atoms with van der Waals surface area (Å²) in [6.07, 6.45) is 7.65. The molecule has 118 valence electrons. The molecule has 0 radical (unpaired) electrons. The van der Waals surface area contributed by atoms with Crippen LogP contribution >= 0.6 is 23.4 Å². The largest absolute Gasteiger partial charge is 0.497 e. The Kier molecular flexibility index (Phi) is 5.17. The summed E-state index contributed by atoms with van der Waals surface area (Å²) in [5.41, 5.74) is 1.14. The predicted molar refractivity (Wildman–Crippen MR) is 93.6 cm³/mol. The zero-order valence-electron chi connectivity index (χ0n) is 12.9. The van der Waals surface area contributed by atoms with Crippen molar-refractivity contribution in [3.05, 3.63) is 53.1 Å². The van der Waals surface area contributed by atoms with Gasteiger partial charge in [-0.05, 0) is 30.2 Å². The summed E-state index contributed by atoms with van der Waals surface area (Å²) in [5, 5.41) is 1.90. The fourth-order valence-corrected chi connectivity index (χ4v) is 4.72. The van der Waals surface area contributed by atoms with Crippen LogP contribution in [0.2, 0.25) is 0 Å². The van der Waals surface area contributed by atoms with Crippen molar-refractivity contribution in [1.82, 2.24) is 0 Å². The van der Waals surface area contributed by atoms with E-state index in [0.717, 1.165) is 22.8 Å². The van der Waals surface area contributed by atoms with E-state index in [4.69, 9.17) is 21.1 Å². The molecule has 0 spiro atoms. The minimum Gasteiger partial charge on any atom is -0.497 e. The van der Waals surface area contributed by atoms with E-state index in [1.165, 1.54) is 0 Å². The Balaban J connectivity index is 1.68. The summed E-state index contributed by atoms with van der Waals surface area (Å²) >= 11 is 8.20. The highest BCUT2D eigenvalue weighted by molar-refractivity contribution is 8.00. The zero-order valence-corrected chi connectivity index (χ0v) is 14.4. The van der Waals surface area contributed by atoms with Crippen molar-refractivity contribution in [2.45, 2.75) is 36.6 Å². The molecule has 0 unspecified atom stereocenters. The fourth-order valence-electron chi connectivity index (χ4n) is 3.06. The van der Waals surface area contributed by atoms with E-state index in [-0.39, 0.29) is 6.10 Å². The minimum atomic E-state index is 0.214. The molecule has 0 bridgehead atoms. The standard InChI is InChI=1S/C18H21ClO2S/c1-12-8-17(16-10-14(19)6-7-18(16)22-12)21-11-13-4-3-5-15(9-13)20-2/h3-7,9-10,12,16-18H,8,11H2,1-2H3/t12-,16+,17-,18+/m1/s1. The van der Waals surface area contributed by atoms with Crippen molar-refractivity contribution in [3.8, 4) is 5.75 Å². The number of benzene rings is 1. The van der Waals surface area contributed by atoms with Crippen molar-refractivity contribution in [3.63, 3.8) is 0 Å². The Labute approximate surface area is 141 Å². The highest BCUT2D eigenvalue weighted by Crippen LogP contribution is 2.42. The molecule has 4 heteroatoms.